The second-order valence-corrected chi connectivity index (χ2v) is 7.65. The van der Waals surface area contributed by atoms with Crippen molar-refractivity contribution >= 4 is 23.2 Å². The highest BCUT2D eigenvalue weighted by atomic mass is 16.2. The molecular formula is C25H24N2O2. The van der Waals surface area contributed by atoms with Gasteiger partial charge in [-0.25, -0.2) is 0 Å². The molecule has 1 aliphatic heterocycles. The van der Waals surface area contributed by atoms with Crippen LogP contribution in [0.4, 0.5) is 11.4 Å². The van der Waals surface area contributed by atoms with Crippen LogP contribution >= 0.6 is 0 Å². The van der Waals surface area contributed by atoms with E-state index in [0.717, 1.165) is 33.6 Å². The molecule has 29 heavy (non-hydrogen) atoms. The summed E-state index contributed by atoms with van der Waals surface area (Å²) >= 11 is 0. The lowest BCUT2D eigenvalue weighted by Crippen LogP contribution is -2.45. The molecule has 4 nitrogen and oxygen atoms in total. The molecule has 2 amide bonds. The molecule has 3 aromatic rings. The van der Waals surface area contributed by atoms with Gasteiger partial charge in [0.2, 0.25) is 5.91 Å². The fourth-order valence-corrected chi connectivity index (χ4v) is 4.15. The number of hydrogen-bond acceptors (Lipinski definition) is 2. The third kappa shape index (κ3) is 3.54. The molecule has 0 aromatic heterocycles. The number of rotatable bonds is 3. The number of nitrogens with zero attached hydrogens (tertiary/aromatic N) is 1. The third-order valence-corrected chi connectivity index (χ3v) is 5.44. The first kappa shape index (κ1) is 18.9. The number of carbonyl (C=O) groups is 2. The van der Waals surface area contributed by atoms with Crippen molar-refractivity contribution in [3.05, 3.63) is 94.5 Å². The van der Waals surface area contributed by atoms with Gasteiger partial charge in [0.1, 0.15) is 6.04 Å². The summed E-state index contributed by atoms with van der Waals surface area (Å²) in [6, 6.07) is 20.4. The van der Waals surface area contributed by atoms with Crippen LogP contribution in [-0.2, 0) is 11.2 Å². The summed E-state index contributed by atoms with van der Waals surface area (Å²) in [5.74, 6) is -0.325. The Kier molecular flexibility index (Phi) is 4.93. The molecule has 1 unspecified atom stereocenters. The van der Waals surface area contributed by atoms with E-state index in [2.05, 4.69) is 17.4 Å². The first-order valence-corrected chi connectivity index (χ1v) is 9.81. The molecule has 1 heterocycles. The Balaban J connectivity index is 1.69. The van der Waals surface area contributed by atoms with E-state index in [4.69, 9.17) is 0 Å². The molecule has 0 aliphatic carbocycles. The number of anilines is 2. The summed E-state index contributed by atoms with van der Waals surface area (Å²) < 4.78 is 0. The van der Waals surface area contributed by atoms with Crippen LogP contribution in [0, 0.1) is 20.8 Å². The van der Waals surface area contributed by atoms with Crippen LogP contribution in [0.2, 0.25) is 0 Å². The molecule has 4 heteroatoms. The Labute approximate surface area is 171 Å². The number of aryl methyl sites for hydroxylation is 3. The predicted octanol–water partition coefficient (Wildman–Crippen LogP) is 4.82. The first-order valence-electron chi connectivity index (χ1n) is 9.81. The maximum absolute atomic E-state index is 13.3. The van der Waals surface area contributed by atoms with Gasteiger partial charge in [-0.1, -0.05) is 54.1 Å². The molecule has 0 saturated heterocycles. The smallest absolute Gasteiger partial charge is 0.259 e. The Morgan fingerprint density at radius 2 is 1.52 bits per heavy atom. The minimum atomic E-state index is -0.583. The van der Waals surface area contributed by atoms with Gasteiger partial charge in [-0.15, -0.1) is 0 Å². The zero-order chi connectivity index (χ0) is 20.5. The highest BCUT2D eigenvalue weighted by molar-refractivity contribution is 6.13. The van der Waals surface area contributed by atoms with E-state index in [-0.39, 0.29) is 11.8 Å². The number of para-hydroxylation sites is 1. The number of nitrogens with one attached hydrogen (secondary N) is 1. The summed E-state index contributed by atoms with van der Waals surface area (Å²) in [6.07, 6.45) is 0.505. The van der Waals surface area contributed by atoms with Gasteiger partial charge in [-0.3, -0.25) is 14.5 Å². The molecule has 0 fully saturated rings. The van der Waals surface area contributed by atoms with Crippen molar-refractivity contribution in [2.75, 3.05) is 10.2 Å². The summed E-state index contributed by atoms with van der Waals surface area (Å²) in [6.45, 7) is 6.03. The molecule has 1 aliphatic rings. The Morgan fingerprint density at radius 1 is 0.897 bits per heavy atom. The molecule has 4 rings (SSSR count). The van der Waals surface area contributed by atoms with E-state index < -0.39 is 6.04 Å². The molecule has 1 atom stereocenters. The van der Waals surface area contributed by atoms with Crippen molar-refractivity contribution in [3.8, 4) is 0 Å². The average Bonchev–Trinajstić information content (AvgIpc) is 3.10. The zero-order valence-electron chi connectivity index (χ0n) is 16.9. The third-order valence-electron chi connectivity index (χ3n) is 5.44. The fraction of sp³-hybridized carbons (Fsp3) is 0.200. The van der Waals surface area contributed by atoms with Crippen molar-refractivity contribution in [1.82, 2.24) is 0 Å². The van der Waals surface area contributed by atoms with Gasteiger partial charge in [0, 0.05) is 23.4 Å². The van der Waals surface area contributed by atoms with Gasteiger partial charge in [0.15, 0.2) is 0 Å². The number of carbonyl (C=O) groups excluding carboxylic acids is 2. The zero-order valence-corrected chi connectivity index (χ0v) is 16.9. The van der Waals surface area contributed by atoms with Gasteiger partial charge in [0.05, 0.1) is 0 Å². The number of fused-ring (bicyclic) bond motifs is 1. The quantitative estimate of drug-likeness (QED) is 0.704. The van der Waals surface area contributed by atoms with Crippen LogP contribution in [0.3, 0.4) is 0 Å². The first-order chi connectivity index (χ1) is 14.0. The Bertz CT molecular complexity index is 1070. The van der Waals surface area contributed by atoms with Crippen LogP contribution in [-0.4, -0.2) is 17.9 Å². The minimum Gasteiger partial charge on any atom is -0.324 e. The topological polar surface area (TPSA) is 49.4 Å². The van der Waals surface area contributed by atoms with E-state index in [0.29, 0.717) is 12.0 Å². The van der Waals surface area contributed by atoms with Gasteiger partial charge in [-0.05, 0) is 55.7 Å². The average molecular weight is 384 g/mol. The number of hydrogen-bond donors (Lipinski definition) is 1. The SMILES string of the molecule is Cc1cc(C)c(NC(=O)C2Cc3ccccc3N2C(=O)c2ccccc2)c(C)c1. The van der Waals surface area contributed by atoms with Crippen LogP contribution < -0.4 is 10.2 Å². The number of amides is 2. The highest BCUT2D eigenvalue weighted by Crippen LogP contribution is 2.34. The van der Waals surface area contributed by atoms with Crippen molar-refractivity contribution in [2.24, 2.45) is 0 Å². The maximum atomic E-state index is 13.3. The molecule has 0 spiro atoms. The van der Waals surface area contributed by atoms with Crippen molar-refractivity contribution in [3.63, 3.8) is 0 Å². The molecule has 3 aromatic carbocycles. The van der Waals surface area contributed by atoms with Gasteiger partial charge in [-0.2, -0.15) is 0 Å². The molecule has 0 bridgehead atoms. The predicted molar refractivity (Wildman–Crippen MR) is 116 cm³/mol. The van der Waals surface area contributed by atoms with E-state index >= 15 is 0 Å². The molecule has 146 valence electrons. The lowest BCUT2D eigenvalue weighted by Gasteiger charge is -2.26. The van der Waals surface area contributed by atoms with Crippen LogP contribution in [0.5, 0.6) is 0 Å². The standard InChI is InChI=1S/C25H24N2O2/c1-16-13-17(2)23(18(3)14-16)26-24(28)22-15-20-11-7-8-12-21(20)27(22)25(29)19-9-5-4-6-10-19/h4-14,22H,15H2,1-3H3,(H,26,28). The van der Waals surface area contributed by atoms with Gasteiger partial charge < -0.3 is 5.32 Å². The van der Waals surface area contributed by atoms with Gasteiger partial charge in [0.25, 0.3) is 5.91 Å². The highest BCUT2D eigenvalue weighted by Gasteiger charge is 2.38. The summed E-state index contributed by atoms with van der Waals surface area (Å²) in [5.41, 5.74) is 6.41. The molecule has 0 saturated carbocycles. The largest absolute Gasteiger partial charge is 0.324 e. The van der Waals surface area contributed by atoms with E-state index in [9.17, 15) is 9.59 Å². The second kappa shape index (κ2) is 7.55. The normalized spacial score (nSPS) is 15.1. The Hall–Kier alpha value is -3.40. The lowest BCUT2D eigenvalue weighted by molar-refractivity contribution is -0.117. The minimum absolute atomic E-state index is 0.159. The fourth-order valence-electron chi connectivity index (χ4n) is 4.15. The van der Waals surface area contributed by atoms with Crippen LogP contribution in [0.1, 0.15) is 32.6 Å². The summed E-state index contributed by atoms with van der Waals surface area (Å²) in [7, 11) is 0. The lowest BCUT2D eigenvalue weighted by atomic mass is 10.0. The van der Waals surface area contributed by atoms with Crippen molar-refractivity contribution in [2.45, 2.75) is 33.2 Å². The molecule has 0 radical (unpaired) electrons. The summed E-state index contributed by atoms with van der Waals surface area (Å²) in [4.78, 5) is 28.3. The van der Waals surface area contributed by atoms with Crippen molar-refractivity contribution in [1.29, 1.82) is 0 Å². The van der Waals surface area contributed by atoms with E-state index in [1.54, 1.807) is 17.0 Å². The molecular weight excluding hydrogens is 360 g/mol. The van der Waals surface area contributed by atoms with E-state index in [1.165, 1.54) is 0 Å². The second-order valence-electron chi connectivity index (χ2n) is 7.65. The van der Waals surface area contributed by atoms with E-state index in [1.807, 2.05) is 63.2 Å². The molecule has 1 N–H and O–H groups in total. The van der Waals surface area contributed by atoms with Gasteiger partial charge >= 0.3 is 0 Å². The summed E-state index contributed by atoms with van der Waals surface area (Å²) in [5, 5.41) is 3.09. The van der Waals surface area contributed by atoms with Crippen molar-refractivity contribution < 1.29 is 9.59 Å². The van der Waals surface area contributed by atoms with Crippen LogP contribution in [0.25, 0.3) is 0 Å². The van der Waals surface area contributed by atoms with Crippen LogP contribution in [0.15, 0.2) is 66.7 Å². The monoisotopic (exact) mass is 384 g/mol. The Morgan fingerprint density at radius 3 is 2.21 bits per heavy atom. The maximum Gasteiger partial charge on any atom is 0.259 e. The number of benzene rings is 3.